The maximum atomic E-state index is 12.5. The van der Waals surface area contributed by atoms with Crippen LogP contribution in [0.15, 0.2) is 0 Å². The second-order valence-electron chi connectivity index (χ2n) is 5.27. The van der Waals surface area contributed by atoms with E-state index in [2.05, 4.69) is 12.6 Å². The van der Waals surface area contributed by atoms with Crippen LogP contribution < -0.4 is 0 Å². The van der Waals surface area contributed by atoms with Crippen LogP contribution in [-0.4, -0.2) is 48.2 Å². The Morgan fingerprint density at radius 2 is 1.78 bits per heavy atom. The molecule has 0 amide bonds. The van der Waals surface area contributed by atoms with Gasteiger partial charge in [0, 0.05) is 13.1 Å². The smallest absolute Gasteiger partial charge is 0.395 e. The van der Waals surface area contributed by atoms with Crippen molar-refractivity contribution in [1.82, 2.24) is 4.90 Å². The predicted molar refractivity (Wildman–Crippen MR) is 69.0 cm³/mol. The molecule has 0 aliphatic heterocycles. The lowest BCUT2D eigenvalue weighted by Gasteiger charge is -2.40. The highest BCUT2D eigenvalue weighted by Gasteiger charge is 2.36. The van der Waals surface area contributed by atoms with E-state index < -0.39 is 12.7 Å². The Balaban J connectivity index is 2.62. The van der Waals surface area contributed by atoms with E-state index in [9.17, 15) is 13.2 Å². The molecule has 0 atom stereocenters. The van der Waals surface area contributed by atoms with Crippen molar-refractivity contribution in [1.29, 1.82) is 0 Å². The van der Waals surface area contributed by atoms with Gasteiger partial charge in [-0.3, -0.25) is 4.90 Å². The summed E-state index contributed by atoms with van der Waals surface area (Å²) < 4.78 is 37.4. The van der Waals surface area contributed by atoms with Crippen molar-refractivity contribution < 1.29 is 18.3 Å². The molecule has 0 bridgehead atoms. The molecule has 108 valence electrons. The number of rotatable bonds is 6. The lowest BCUT2D eigenvalue weighted by atomic mass is 9.75. The van der Waals surface area contributed by atoms with Crippen LogP contribution in [0.2, 0.25) is 0 Å². The largest absolute Gasteiger partial charge is 0.401 e. The van der Waals surface area contributed by atoms with Crippen LogP contribution in [0.1, 0.15) is 32.1 Å². The summed E-state index contributed by atoms with van der Waals surface area (Å²) in [5.74, 6) is 0.618. The minimum absolute atomic E-state index is 0.0784. The highest BCUT2D eigenvalue weighted by Crippen LogP contribution is 2.38. The second kappa shape index (κ2) is 7.01. The van der Waals surface area contributed by atoms with E-state index in [-0.39, 0.29) is 18.6 Å². The Morgan fingerprint density at radius 1 is 1.17 bits per heavy atom. The van der Waals surface area contributed by atoms with Gasteiger partial charge in [-0.05, 0) is 24.0 Å². The summed E-state index contributed by atoms with van der Waals surface area (Å²) in [7, 11) is 0. The van der Waals surface area contributed by atoms with E-state index in [1.165, 1.54) is 4.90 Å². The van der Waals surface area contributed by atoms with Crippen molar-refractivity contribution in [3.63, 3.8) is 0 Å². The van der Waals surface area contributed by atoms with Crippen LogP contribution in [0, 0.1) is 5.41 Å². The number of hydrogen-bond acceptors (Lipinski definition) is 3. The SMILES string of the molecule is OCCN(CC(F)(F)F)CC1(CS)CCCCC1. The fourth-order valence-corrected chi connectivity index (χ4v) is 3.17. The monoisotopic (exact) mass is 285 g/mol. The first kappa shape index (κ1) is 16.1. The fraction of sp³-hybridized carbons (Fsp3) is 1.00. The van der Waals surface area contributed by atoms with Crippen molar-refractivity contribution >= 4 is 12.6 Å². The van der Waals surface area contributed by atoms with Crippen molar-refractivity contribution in [2.45, 2.75) is 38.3 Å². The van der Waals surface area contributed by atoms with E-state index >= 15 is 0 Å². The molecule has 0 radical (unpaired) electrons. The summed E-state index contributed by atoms with van der Waals surface area (Å²) >= 11 is 4.33. The minimum atomic E-state index is -4.21. The quantitative estimate of drug-likeness (QED) is 0.733. The molecule has 1 fully saturated rings. The Kier molecular flexibility index (Phi) is 6.27. The first-order chi connectivity index (χ1) is 8.41. The Hall–Kier alpha value is 0.0600. The zero-order valence-corrected chi connectivity index (χ0v) is 11.4. The molecule has 18 heavy (non-hydrogen) atoms. The van der Waals surface area contributed by atoms with Gasteiger partial charge in [0.05, 0.1) is 13.2 Å². The van der Waals surface area contributed by atoms with Gasteiger partial charge in [-0.25, -0.2) is 0 Å². The standard InChI is InChI=1S/C12H22F3NOS/c13-12(14,15)9-16(6-7-17)8-11(10-18)4-2-1-3-5-11/h17-18H,1-10H2. The van der Waals surface area contributed by atoms with Gasteiger partial charge in [0.2, 0.25) is 0 Å². The summed E-state index contributed by atoms with van der Waals surface area (Å²) in [5.41, 5.74) is -0.109. The lowest BCUT2D eigenvalue weighted by molar-refractivity contribution is -0.150. The molecule has 2 nitrogen and oxygen atoms in total. The highest BCUT2D eigenvalue weighted by molar-refractivity contribution is 7.80. The average Bonchev–Trinajstić information content (AvgIpc) is 2.28. The van der Waals surface area contributed by atoms with Gasteiger partial charge in [-0.2, -0.15) is 25.8 Å². The van der Waals surface area contributed by atoms with Crippen molar-refractivity contribution in [2.24, 2.45) is 5.41 Å². The highest BCUT2D eigenvalue weighted by atomic mass is 32.1. The zero-order chi connectivity index (χ0) is 13.6. The molecule has 0 saturated heterocycles. The molecule has 1 aliphatic rings. The fourth-order valence-electron chi connectivity index (χ4n) is 2.75. The van der Waals surface area contributed by atoms with Gasteiger partial charge >= 0.3 is 6.18 Å². The molecular formula is C12H22F3NOS. The normalized spacial score (nSPS) is 20.3. The van der Waals surface area contributed by atoms with Crippen molar-refractivity contribution in [2.75, 3.05) is 32.0 Å². The predicted octanol–water partition coefficient (Wildman–Crippen LogP) is 2.72. The third-order valence-electron chi connectivity index (χ3n) is 3.63. The van der Waals surface area contributed by atoms with Gasteiger partial charge in [0.1, 0.15) is 0 Å². The molecule has 0 spiro atoms. The van der Waals surface area contributed by atoms with Gasteiger partial charge in [-0.1, -0.05) is 19.3 Å². The number of thiol groups is 1. The van der Waals surface area contributed by atoms with E-state index in [0.29, 0.717) is 12.3 Å². The Morgan fingerprint density at radius 3 is 2.22 bits per heavy atom. The van der Waals surface area contributed by atoms with Crippen molar-refractivity contribution in [3.8, 4) is 0 Å². The van der Waals surface area contributed by atoms with Crippen LogP contribution >= 0.6 is 12.6 Å². The second-order valence-corrected chi connectivity index (χ2v) is 5.58. The van der Waals surface area contributed by atoms with Gasteiger partial charge < -0.3 is 5.11 Å². The van der Waals surface area contributed by atoms with Crippen LogP contribution in [-0.2, 0) is 0 Å². The zero-order valence-electron chi connectivity index (χ0n) is 10.5. The van der Waals surface area contributed by atoms with Crippen LogP contribution in [0.5, 0.6) is 0 Å². The van der Waals surface area contributed by atoms with E-state index in [1.54, 1.807) is 0 Å². The number of nitrogens with zero attached hydrogens (tertiary/aromatic N) is 1. The number of aliphatic hydroxyl groups excluding tert-OH is 1. The topological polar surface area (TPSA) is 23.5 Å². The van der Waals surface area contributed by atoms with Gasteiger partial charge in [0.15, 0.2) is 0 Å². The third-order valence-corrected chi connectivity index (χ3v) is 4.30. The van der Waals surface area contributed by atoms with E-state index in [4.69, 9.17) is 5.11 Å². The van der Waals surface area contributed by atoms with Crippen LogP contribution in [0.25, 0.3) is 0 Å². The first-order valence-electron chi connectivity index (χ1n) is 6.42. The molecule has 1 saturated carbocycles. The average molecular weight is 285 g/mol. The molecule has 1 rings (SSSR count). The molecule has 0 unspecified atom stereocenters. The molecule has 0 aromatic rings. The summed E-state index contributed by atoms with van der Waals surface area (Å²) in [4.78, 5) is 1.32. The van der Waals surface area contributed by atoms with Crippen LogP contribution in [0.3, 0.4) is 0 Å². The number of hydrogen-bond donors (Lipinski definition) is 2. The first-order valence-corrected chi connectivity index (χ1v) is 7.05. The Bertz CT molecular complexity index is 242. The van der Waals surface area contributed by atoms with Gasteiger partial charge in [0.25, 0.3) is 0 Å². The summed E-state index contributed by atoms with van der Waals surface area (Å²) in [5, 5.41) is 8.89. The molecule has 0 aromatic carbocycles. The lowest BCUT2D eigenvalue weighted by Crippen LogP contribution is -2.45. The summed E-state index contributed by atoms with van der Waals surface area (Å²) in [6, 6.07) is 0. The van der Waals surface area contributed by atoms with E-state index in [0.717, 1.165) is 32.1 Å². The maximum Gasteiger partial charge on any atom is 0.401 e. The number of aliphatic hydroxyl groups is 1. The van der Waals surface area contributed by atoms with Crippen molar-refractivity contribution in [3.05, 3.63) is 0 Å². The molecular weight excluding hydrogens is 263 g/mol. The third kappa shape index (κ3) is 5.36. The van der Waals surface area contributed by atoms with Gasteiger partial charge in [-0.15, -0.1) is 0 Å². The molecule has 6 heteroatoms. The van der Waals surface area contributed by atoms with Crippen LogP contribution in [0.4, 0.5) is 13.2 Å². The van der Waals surface area contributed by atoms with E-state index in [1.807, 2.05) is 0 Å². The molecule has 1 N–H and O–H groups in total. The molecule has 1 aliphatic carbocycles. The molecule has 0 heterocycles. The maximum absolute atomic E-state index is 12.5. The Labute approximate surface area is 112 Å². The summed E-state index contributed by atoms with van der Waals surface area (Å²) in [6.07, 6.45) is 0.974. The summed E-state index contributed by atoms with van der Waals surface area (Å²) in [6.45, 7) is -0.715. The minimum Gasteiger partial charge on any atom is -0.395 e. The number of alkyl halides is 3. The number of halogens is 3. The molecule has 0 aromatic heterocycles.